The van der Waals surface area contributed by atoms with Gasteiger partial charge < -0.3 is 29.9 Å². The molecule has 3 heterocycles. The van der Waals surface area contributed by atoms with Gasteiger partial charge in [0.2, 0.25) is 33.6 Å². The third-order valence-corrected chi connectivity index (χ3v) is 11.3. The number of aromatic nitrogens is 1. The van der Waals surface area contributed by atoms with Crippen LogP contribution in [-0.2, 0) is 33.9 Å². The van der Waals surface area contributed by atoms with Gasteiger partial charge in [-0.15, -0.1) is 6.58 Å². The molecular weight excluding hydrogens is 705 g/mol. The van der Waals surface area contributed by atoms with Crippen LogP contribution in [0, 0.1) is 0 Å². The van der Waals surface area contributed by atoms with E-state index in [1.165, 1.54) is 22.8 Å². The second-order valence-corrected chi connectivity index (χ2v) is 15.5. The molecule has 2 aliphatic heterocycles. The van der Waals surface area contributed by atoms with E-state index in [2.05, 4.69) is 33.5 Å². The minimum Gasteiger partial charge on any atom is -0.472 e. The number of hydrogen-bond donors (Lipinski definition) is 3. The van der Waals surface area contributed by atoms with Crippen molar-refractivity contribution in [2.45, 2.75) is 81.3 Å². The van der Waals surface area contributed by atoms with Crippen molar-refractivity contribution < 1.29 is 41.9 Å². The Morgan fingerprint density at radius 1 is 1.19 bits per heavy atom. The lowest BCUT2D eigenvalue weighted by Gasteiger charge is -2.33. The molecule has 15 nitrogen and oxygen atoms in total. The molecule has 16 heteroatoms. The highest BCUT2D eigenvalue weighted by molar-refractivity contribution is 7.91. The lowest BCUT2D eigenvalue weighted by atomic mass is 9.96. The average molecular weight is 751 g/mol. The van der Waals surface area contributed by atoms with E-state index >= 15 is 0 Å². The maximum absolute atomic E-state index is 14.5. The Morgan fingerprint density at radius 2 is 1.96 bits per heavy atom. The van der Waals surface area contributed by atoms with Crippen LogP contribution < -0.4 is 20.1 Å². The van der Waals surface area contributed by atoms with Crippen molar-refractivity contribution in [3.05, 3.63) is 67.4 Å². The molecular formula is C37H46N6O9S. The molecule has 5 amide bonds. The maximum atomic E-state index is 14.5. The van der Waals surface area contributed by atoms with E-state index in [9.17, 15) is 32.4 Å². The van der Waals surface area contributed by atoms with Gasteiger partial charge in [0.25, 0.3) is 5.91 Å². The summed E-state index contributed by atoms with van der Waals surface area (Å²) in [6, 6.07) is 5.02. The second-order valence-electron chi connectivity index (χ2n) is 13.5. The largest absolute Gasteiger partial charge is 0.472 e. The zero-order chi connectivity index (χ0) is 38.3. The lowest BCUT2D eigenvalue weighted by molar-refractivity contribution is -0.142. The van der Waals surface area contributed by atoms with Gasteiger partial charge in [-0.3, -0.25) is 23.9 Å². The number of rotatable bonds is 11. The number of sulfonamides is 1. The summed E-state index contributed by atoms with van der Waals surface area (Å²) in [5.41, 5.74) is -0.880. The fraction of sp³-hybridized carbons (Fsp3) is 0.459. The molecule has 4 bridgehead atoms. The molecule has 3 N–H and O–H groups in total. The first-order valence-electron chi connectivity index (χ1n) is 17.6. The van der Waals surface area contributed by atoms with Crippen molar-refractivity contribution >= 4 is 56.6 Å². The van der Waals surface area contributed by atoms with Crippen LogP contribution in [0.4, 0.5) is 4.79 Å². The Bertz CT molecular complexity index is 1910. The molecule has 0 spiro atoms. The zero-order valence-electron chi connectivity index (χ0n) is 29.9. The summed E-state index contributed by atoms with van der Waals surface area (Å²) in [7, 11) is -3.95. The Kier molecular flexibility index (Phi) is 12.2. The minimum absolute atomic E-state index is 0.0526. The van der Waals surface area contributed by atoms with Crippen LogP contribution in [0.5, 0.6) is 5.88 Å². The number of cyclic esters (lactones) is 1. The van der Waals surface area contributed by atoms with Gasteiger partial charge in [-0.1, -0.05) is 36.9 Å². The maximum Gasteiger partial charge on any atom is 0.407 e. The number of benzene rings is 1. The predicted molar refractivity (Wildman–Crippen MR) is 197 cm³/mol. The van der Waals surface area contributed by atoms with Crippen LogP contribution in [0.2, 0.25) is 0 Å². The van der Waals surface area contributed by atoms with Crippen molar-refractivity contribution in [2.75, 3.05) is 26.2 Å². The van der Waals surface area contributed by atoms with Crippen molar-refractivity contribution in [1.29, 1.82) is 0 Å². The normalized spacial score (nSPS) is 22.5. The van der Waals surface area contributed by atoms with Gasteiger partial charge in [0, 0.05) is 24.5 Å². The number of nitrogens with one attached hydrogen (secondary N) is 3. The molecule has 0 unspecified atom stereocenters. The van der Waals surface area contributed by atoms with E-state index in [0.717, 1.165) is 17.0 Å². The number of alkyl carbamates (subject to hydrolysis) is 1. The quantitative estimate of drug-likeness (QED) is 0.227. The number of fused-ring (bicyclic) bond motifs is 3. The zero-order valence-corrected chi connectivity index (χ0v) is 30.7. The highest BCUT2D eigenvalue weighted by Crippen LogP contribution is 2.31. The molecule has 2 aromatic rings. The molecule has 53 heavy (non-hydrogen) atoms. The first-order valence-corrected chi connectivity index (χ1v) is 19.2. The first-order chi connectivity index (χ1) is 25.3. The van der Waals surface area contributed by atoms with E-state index in [1.54, 1.807) is 13.1 Å². The van der Waals surface area contributed by atoms with Crippen LogP contribution in [-0.4, -0.2) is 108 Å². The molecule has 1 saturated heterocycles. The third kappa shape index (κ3) is 9.41. The number of amides is 5. The van der Waals surface area contributed by atoms with Crippen molar-refractivity contribution in [1.82, 2.24) is 30.1 Å². The molecule has 1 aromatic heterocycles. The van der Waals surface area contributed by atoms with E-state index in [1.807, 2.05) is 36.4 Å². The predicted octanol–water partition coefficient (Wildman–Crippen LogP) is 2.58. The topological polar surface area (TPSA) is 193 Å². The number of ether oxygens (including phenoxy) is 2. The Labute approximate surface area is 308 Å². The Hall–Kier alpha value is -5.25. The van der Waals surface area contributed by atoms with Crippen LogP contribution in [0.25, 0.3) is 16.8 Å². The fourth-order valence-electron chi connectivity index (χ4n) is 6.32. The number of likely N-dealkylation sites (N-methyl/N-ethyl adjacent to an activating group) is 1. The summed E-state index contributed by atoms with van der Waals surface area (Å²) in [6.45, 7) is 10.1. The standard InChI is InChI=1S/C37H46N6O9S/c1-5-17-37(4,35(47)41-53(49,50)27-14-15-27)40-32(45)30-21-26-22-43(30)34(46)29(23-42(7-3)31(44)6-2)39-36(48)51-19-10-8-9-11-24-12-13-25-16-18-38-33(52-26)28(25)20-24/h5-6,9,11-13,16,18,20,26-27,29-30H,1-2,7-8,10,14-15,17,19,21-23H2,3-4H3,(H,39,48)(H,40,45)(H,41,47)/b11-9+/t26-,29+,30+,37+/m1/s1. The molecule has 1 aliphatic carbocycles. The molecule has 2 fully saturated rings. The van der Waals surface area contributed by atoms with E-state index in [4.69, 9.17) is 9.47 Å². The summed E-state index contributed by atoms with van der Waals surface area (Å²) in [6.07, 6.45) is 8.04. The van der Waals surface area contributed by atoms with E-state index < -0.39 is 68.7 Å². The highest BCUT2D eigenvalue weighted by atomic mass is 32.2. The minimum atomic E-state index is -3.95. The average Bonchev–Trinajstić information content (AvgIpc) is 3.91. The second kappa shape index (κ2) is 16.6. The first kappa shape index (κ1) is 39.0. The van der Waals surface area contributed by atoms with Crippen molar-refractivity contribution in [2.24, 2.45) is 0 Å². The number of allylic oxidation sites excluding steroid dienone is 1. The Morgan fingerprint density at radius 3 is 2.66 bits per heavy atom. The van der Waals surface area contributed by atoms with Gasteiger partial charge in [-0.05, 0) is 75.1 Å². The highest BCUT2D eigenvalue weighted by Gasteiger charge is 2.47. The van der Waals surface area contributed by atoms with E-state index in [-0.39, 0.29) is 45.0 Å². The van der Waals surface area contributed by atoms with Gasteiger partial charge in [0.1, 0.15) is 23.7 Å². The molecule has 1 saturated carbocycles. The summed E-state index contributed by atoms with van der Waals surface area (Å²) in [5.74, 6) is -2.63. The van der Waals surface area contributed by atoms with Crippen LogP contribution in [0.15, 0.2) is 61.8 Å². The SMILES string of the molecule is C=CC[C@](C)(NC(=O)[C@@H]1C[C@@H]2CN1C(=O)[C@H](CN(CC)C(=O)C=C)NC(=O)OCCC/C=C/c1ccc3ccnc(c3c1)O2)C(=O)NS(=O)(=O)C1CC1. The number of nitrogens with zero attached hydrogens (tertiary/aromatic N) is 3. The summed E-state index contributed by atoms with van der Waals surface area (Å²) < 4.78 is 39.2. The van der Waals surface area contributed by atoms with Crippen LogP contribution in [0.1, 0.15) is 57.9 Å². The van der Waals surface area contributed by atoms with Crippen LogP contribution in [0.3, 0.4) is 0 Å². The number of pyridine rings is 1. The summed E-state index contributed by atoms with van der Waals surface area (Å²) in [4.78, 5) is 74.9. The lowest BCUT2D eigenvalue weighted by Crippen LogP contribution is -2.62. The Balaban J connectivity index is 1.52. The number of carbonyl (C=O) groups excluding carboxylic acids is 5. The molecule has 284 valence electrons. The monoisotopic (exact) mass is 750 g/mol. The van der Waals surface area contributed by atoms with Gasteiger partial charge in [0.05, 0.1) is 24.9 Å². The van der Waals surface area contributed by atoms with Gasteiger partial charge in [-0.2, -0.15) is 0 Å². The van der Waals surface area contributed by atoms with Crippen molar-refractivity contribution in [3.8, 4) is 5.88 Å². The van der Waals surface area contributed by atoms with E-state index in [0.29, 0.717) is 31.1 Å². The van der Waals surface area contributed by atoms with Crippen LogP contribution >= 0.6 is 0 Å². The molecule has 0 radical (unpaired) electrons. The summed E-state index contributed by atoms with van der Waals surface area (Å²) >= 11 is 0. The fourth-order valence-corrected chi connectivity index (χ4v) is 7.72. The molecule has 3 aliphatic rings. The molecule has 5 rings (SSSR count). The third-order valence-electron chi connectivity index (χ3n) is 9.45. The molecule has 4 atom stereocenters. The van der Waals surface area contributed by atoms with Gasteiger partial charge in [0.15, 0.2) is 0 Å². The summed E-state index contributed by atoms with van der Waals surface area (Å²) in [5, 5.41) is 6.14. The number of hydrogen-bond acceptors (Lipinski definition) is 10. The van der Waals surface area contributed by atoms with Gasteiger partial charge >= 0.3 is 6.09 Å². The van der Waals surface area contributed by atoms with Crippen molar-refractivity contribution in [3.63, 3.8) is 0 Å². The molecule has 1 aromatic carbocycles. The smallest absolute Gasteiger partial charge is 0.407 e. The number of carbonyl (C=O) groups is 5. The van der Waals surface area contributed by atoms with Gasteiger partial charge in [-0.25, -0.2) is 18.2 Å².